The highest BCUT2D eigenvalue weighted by atomic mass is 16.3. The maximum Gasteiger partial charge on any atom is 0.0679 e. The van der Waals surface area contributed by atoms with Crippen LogP contribution in [0.25, 0.3) is 0 Å². The molecular formula is C20H33NO2. The van der Waals surface area contributed by atoms with E-state index in [1.807, 2.05) is 6.07 Å². The summed E-state index contributed by atoms with van der Waals surface area (Å²) in [5.41, 5.74) is 3.84. The van der Waals surface area contributed by atoms with Crippen LogP contribution in [-0.2, 0) is 6.42 Å². The van der Waals surface area contributed by atoms with Gasteiger partial charge in [-0.1, -0.05) is 37.5 Å². The topological polar surface area (TPSA) is 43.7 Å². The molecule has 1 saturated carbocycles. The molecule has 23 heavy (non-hydrogen) atoms. The summed E-state index contributed by atoms with van der Waals surface area (Å²) < 4.78 is 0. The molecule has 3 nitrogen and oxygen atoms in total. The maximum absolute atomic E-state index is 9.39. The van der Waals surface area contributed by atoms with E-state index in [1.54, 1.807) is 0 Å². The summed E-state index contributed by atoms with van der Waals surface area (Å²) >= 11 is 0. The predicted octanol–water partition coefficient (Wildman–Crippen LogP) is 3.22. The number of rotatable bonds is 3. The van der Waals surface area contributed by atoms with Crippen molar-refractivity contribution in [3.05, 3.63) is 34.9 Å². The number of nitrogens with zero attached hydrogens (tertiary/aromatic N) is 1. The van der Waals surface area contributed by atoms with E-state index in [1.165, 1.54) is 48.8 Å². The summed E-state index contributed by atoms with van der Waals surface area (Å²) in [5.74, 6) is 0. The van der Waals surface area contributed by atoms with Crippen molar-refractivity contribution in [3.8, 4) is 0 Å². The number of hydrogen-bond acceptors (Lipinski definition) is 3. The van der Waals surface area contributed by atoms with E-state index in [0.29, 0.717) is 0 Å². The van der Waals surface area contributed by atoms with Crippen molar-refractivity contribution in [2.45, 2.75) is 70.9 Å². The standard InChI is InChI=1S/C10H19NO.C10H14O/c12-10-6-7-11(8-10)9-4-2-1-3-5-9;1-8-4-3-5-9(2)10(8)6-7-11/h9-10,12H,1-8H2;3-5,11H,6-7H2,1-2H3. The van der Waals surface area contributed by atoms with Crippen LogP contribution in [0, 0.1) is 13.8 Å². The Balaban J connectivity index is 0.000000168. The van der Waals surface area contributed by atoms with Gasteiger partial charge in [-0.2, -0.15) is 0 Å². The van der Waals surface area contributed by atoms with Gasteiger partial charge in [0.1, 0.15) is 0 Å². The van der Waals surface area contributed by atoms with E-state index in [-0.39, 0.29) is 12.7 Å². The lowest BCUT2D eigenvalue weighted by molar-refractivity contribution is 0.142. The molecule has 0 bridgehead atoms. The molecule has 0 spiro atoms. The Morgan fingerprint density at radius 3 is 2.22 bits per heavy atom. The molecule has 0 radical (unpaired) electrons. The number of aliphatic hydroxyl groups excluding tert-OH is 2. The van der Waals surface area contributed by atoms with Crippen LogP contribution < -0.4 is 0 Å². The van der Waals surface area contributed by atoms with E-state index >= 15 is 0 Å². The second kappa shape index (κ2) is 9.41. The fourth-order valence-corrected chi connectivity index (χ4v) is 3.90. The fraction of sp³-hybridized carbons (Fsp3) is 0.700. The Bertz CT molecular complexity index is 446. The third-order valence-corrected chi connectivity index (χ3v) is 5.29. The van der Waals surface area contributed by atoms with Crippen LogP contribution in [0.4, 0.5) is 0 Å². The van der Waals surface area contributed by atoms with E-state index in [9.17, 15) is 5.11 Å². The number of benzene rings is 1. The van der Waals surface area contributed by atoms with Crippen LogP contribution in [0.2, 0.25) is 0 Å². The zero-order valence-corrected chi connectivity index (χ0v) is 14.8. The smallest absolute Gasteiger partial charge is 0.0679 e. The Morgan fingerprint density at radius 1 is 1.04 bits per heavy atom. The Labute approximate surface area is 141 Å². The van der Waals surface area contributed by atoms with Crippen molar-refractivity contribution in [1.82, 2.24) is 4.90 Å². The number of aryl methyl sites for hydroxylation is 2. The van der Waals surface area contributed by atoms with Gasteiger partial charge in [-0.05, 0) is 56.2 Å². The SMILES string of the molecule is Cc1cccc(C)c1CCO.OC1CCN(C2CCCCC2)C1. The van der Waals surface area contributed by atoms with Gasteiger partial charge in [-0.15, -0.1) is 0 Å². The zero-order valence-electron chi connectivity index (χ0n) is 14.8. The average molecular weight is 319 g/mol. The van der Waals surface area contributed by atoms with Gasteiger partial charge >= 0.3 is 0 Å². The normalized spacial score (nSPS) is 22.7. The molecule has 0 amide bonds. The van der Waals surface area contributed by atoms with Crippen LogP contribution in [0.3, 0.4) is 0 Å². The first-order chi connectivity index (χ1) is 11.1. The highest BCUT2D eigenvalue weighted by Crippen LogP contribution is 2.25. The minimum absolute atomic E-state index is 0.0353. The van der Waals surface area contributed by atoms with E-state index in [4.69, 9.17) is 5.11 Å². The van der Waals surface area contributed by atoms with Crippen molar-refractivity contribution in [3.63, 3.8) is 0 Å². The Kier molecular flexibility index (Phi) is 7.54. The molecule has 2 fully saturated rings. The van der Waals surface area contributed by atoms with E-state index < -0.39 is 0 Å². The summed E-state index contributed by atoms with van der Waals surface area (Å²) in [4.78, 5) is 2.49. The van der Waals surface area contributed by atoms with Crippen molar-refractivity contribution in [2.24, 2.45) is 0 Å². The van der Waals surface area contributed by atoms with E-state index in [0.717, 1.165) is 32.0 Å². The van der Waals surface area contributed by atoms with Gasteiger partial charge in [-0.25, -0.2) is 0 Å². The quantitative estimate of drug-likeness (QED) is 0.899. The second-order valence-electron chi connectivity index (χ2n) is 7.07. The highest BCUT2D eigenvalue weighted by Gasteiger charge is 2.27. The molecule has 1 aromatic rings. The number of aliphatic hydroxyl groups is 2. The van der Waals surface area contributed by atoms with Crippen LogP contribution in [0.5, 0.6) is 0 Å². The van der Waals surface area contributed by atoms with Gasteiger partial charge in [-0.3, -0.25) is 4.90 Å². The van der Waals surface area contributed by atoms with Gasteiger partial charge in [0.05, 0.1) is 6.10 Å². The largest absolute Gasteiger partial charge is 0.396 e. The molecule has 1 saturated heterocycles. The monoisotopic (exact) mass is 319 g/mol. The van der Waals surface area contributed by atoms with Gasteiger partial charge < -0.3 is 10.2 Å². The summed E-state index contributed by atoms with van der Waals surface area (Å²) in [6, 6.07) is 7.01. The molecule has 1 aliphatic carbocycles. The minimum atomic E-state index is -0.0353. The molecule has 1 aromatic carbocycles. The van der Waals surface area contributed by atoms with Crippen molar-refractivity contribution >= 4 is 0 Å². The summed E-state index contributed by atoms with van der Waals surface area (Å²) in [5, 5.41) is 18.2. The van der Waals surface area contributed by atoms with Crippen molar-refractivity contribution < 1.29 is 10.2 Å². The Morgan fingerprint density at radius 2 is 1.70 bits per heavy atom. The molecule has 1 unspecified atom stereocenters. The molecule has 3 heteroatoms. The Hall–Kier alpha value is -0.900. The van der Waals surface area contributed by atoms with Crippen LogP contribution in [0.15, 0.2) is 18.2 Å². The lowest BCUT2D eigenvalue weighted by Crippen LogP contribution is -2.35. The molecule has 2 N–H and O–H groups in total. The third kappa shape index (κ3) is 5.59. The first-order valence-electron chi connectivity index (χ1n) is 9.20. The molecule has 2 aliphatic rings. The second-order valence-corrected chi connectivity index (χ2v) is 7.07. The predicted molar refractivity (Wildman–Crippen MR) is 95.8 cm³/mol. The summed E-state index contributed by atoms with van der Waals surface area (Å²) in [6.45, 7) is 6.47. The lowest BCUT2D eigenvalue weighted by Gasteiger charge is -2.30. The number of likely N-dealkylation sites (tertiary alicyclic amines) is 1. The molecule has 130 valence electrons. The third-order valence-electron chi connectivity index (χ3n) is 5.29. The first-order valence-corrected chi connectivity index (χ1v) is 9.20. The van der Waals surface area contributed by atoms with Gasteiger partial charge in [0.15, 0.2) is 0 Å². The lowest BCUT2D eigenvalue weighted by atomic mass is 9.94. The minimum Gasteiger partial charge on any atom is -0.396 e. The molecule has 3 rings (SSSR count). The molecule has 1 aliphatic heterocycles. The molecule has 1 atom stereocenters. The summed E-state index contributed by atoms with van der Waals surface area (Å²) in [6.07, 6.45) is 8.70. The van der Waals surface area contributed by atoms with Gasteiger partial charge in [0, 0.05) is 25.7 Å². The number of hydrogen-bond donors (Lipinski definition) is 2. The average Bonchev–Trinajstić information content (AvgIpc) is 2.99. The molecular weight excluding hydrogens is 286 g/mol. The molecule has 1 heterocycles. The molecule has 0 aromatic heterocycles. The number of β-amino-alcohol motifs (C(OH)–C–C–N with tert-alkyl or cyclic N) is 1. The first kappa shape index (κ1) is 18.4. The van der Waals surface area contributed by atoms with Crippen molar-refractivity contribution in [2.75, 3.05) is 19.7 Å². The summed E-state index contributed by atoms with van der Waals surface area (Å²) in [7, 11) is 0. The fourth-order valence-electron chi connectivity index (χ4n) is 3.90. The van der Waals surface area contributed by atoms with E-state index in [2.05, 4.69) is 30.9 Å². The highest BCUT2D eigenvalue weighted by molar-refractivity contribution is 5.33. The van der Waals surface area contributed by atoms with Gasteiger partial charge in [0.2, 0.25) is 0 Å². The van der Waals surface area contributed by atoms with Crippen LogP contribution in [0.1, 0.15) is 55.2 Å². The van der Waals surface area contributed by atoms with Gasteiger partial charge in [0.25, 0.3) is 0 Å². The maximum atomic E-state index is 9.39. The van der Waals surface area contributed by atoms with Crippen molar-refractivity contribution in [1.29, 1.82) is 0 Å². The zero-order chi connectivity index (χ0) is 16.7. The van der Waals surface area contributed by atoms with Crippen LogP contribution in [-0.4, -0.2) is 47.0 Å². The van der Waals surface area contributed by atoms with Crippen LogP contribution >= 0.6 is 0 Å².